The fourth-order valence-electron chi connectivity index (χ4n) is 1.87. The lowest BCUT2D eigenvalue weighted by molar-refractivity contribution is 0.412. The van der Waals surface area contributed by atoms with Crippen LogP contribution in [0.5, 0.6) is 0 Å². The SMILES string of the molecule is Clc1ccccc1[C@H]1CCCCN1. The zero-order valence-corrected chi connectivity index (χ0v) is 8.35. The quantitative estimate of drug-likeness (QED) is 0.726. The van der Waals surface area contributed by atoms with Gasteiger partial charge in [0.05, 0.1) is 0 Å². The van der Waals surface area contributed by atoms with Gasteiger partial charge >= 0.3 is 0 Å². The number of hydrogen-bond donors (Lipinski definition) is 1. The predicted molar refractivity (Wildman–Crippen MR) is 56.0 cm³/mol. The fraction of sp³-hybridized carbons (Fsp3) is 0.455. The second kappa shape index (κ2) is 4.12. The van der Waals surface area contributed by atoms with Crippen LogP contribution in [0.25, 0.3) is 0 Å². The Kier molecular flexibility index (Phi) is 2.87. The summed E-state index contributed by atoms with van der Waals surface area (Å²) in [5.74, 6) is 0. The van der Waals surface area contributed by atoms with E-state index in [0.717, 1.165) is 11.6 Å². The molecule has 0 spiro atoms. The second-order valence-electron chi connectivity index (χ2n) is 3.52. The van der Waals surface area contributed by atoms with Gasteiger partial charge in [-0.3, -0.25) is 0 Å². The number of piperidine rings is 1. The molecule has 1 aliphatic heterocycles. The Bertz CT molecular complexity index is 279. The Morgan fingerprint density at radius 1 is 1.23 bits per heavy atom. The Morgan fingerprint density at radius 2 is 2.08 bits per heavy atom. The maximum absolute atomic E-state index is 6.12. The second-order valence-corrected chi connectivity index (χ2v) is 3.93. The molecule has 0 aromatic heterocycles. The van der Waals surface area contributed by atoms with Crippen molar-refractivity contribution in [1.82, 2.24) is 5.32 Å². The topological polar surface area (TPSA) is 12.0 Å². The smallest absolute Gasteiger partial charge is 0.0453 e. The lowest BCUT2D eigenvalue weighted by Crippen LogP contribution is -2.26. The maximum atomic E-state index is 6.12. The molecule has 1 nitrogen and oxygen atoms in total. The van der Waals surface area contributed by atoms with Gasteiger partial charge in [0.2, 0.25) is 0 Å². The van der Waals surface area contributed by atoms with Gasteiger partial charge < -0.3 is 5.32 Å². The fourth-order valence-corrected chi connectivity index (χ4v) is 2.14. The largest absolute Gasteiger partial charge is 0.310 e. The molecule has 0 radical (unpaired) electrons. The zero-order valence-electron chi connectivity index (χ0n) is 7.59. The van der Waals surface area contributed by atoms with E-state index in [1.165, 1.54) is 24.8 Å². The van der Waals surface area contributed by atoms with Crippen molar-refractivity contribution in [2.24, 2.45) is 0 Å². The predicted octanol–water partition coefficient (Wildman–Crippen LogP) is 3.15. The summed E-state index contributed by atoms with van der Waals surface area (Å²) in [6.45, 7) is 1.12. The van der Waals surface area contributed by atoms with Gasteiger partial charge in [-0.25, -0.2) is 0 Å². The van der Waals surface area contributed by atoms with Crippen LogP contribution in [-0.4, -0.2) is 6.54 Å². The summed E-state index contributed by atoms with van der Waals surface area (Å²) < 4.78 is 0. The van der Waals surface area contributed by atoms with E-state index in [0.29, 0.717) is 6.04 Å². The summed E-state index contributed by atoms with van der Waals surface area (Å²) in [5, 5.41) is 4.38. The van der Waals surface area contributed by atoms with Crippen LogP contribution in [0.3, 0.4) is 0 Å². The molecule has 0 unspecified atom stereocenters. The number of halogens is 1. The minimum absolute atomic E-state index is 0.474. The molecule has 0 bridgehead atoms. The molecule has 1 aromatic rings. The highest BCUT2D eigenvalue weighted by Crippen LogP contribution is 2.28. The Labute approximate surface area is 84.1 Å². The lowest BCUT2D eigenvalue weighted by Gasteiger charge is -2.24. The van der Waals surface area contributed by atoms with E-state index < -0.39 is 0 Å². The van der Waals surface area contributed by atoms with Crippen molar-refractivity contribution in [3.63, 3.8) is 0 Å². The molecule has 1 fully saturated rings. The highest BCUT2D eigenvalue weighted by atomic mass is 35.5. The van der Waals surface area contributed by atoms with Crippen LogP contribution < -0.4 is 5.32 Å². The molecule has 70 valence electrons. The summed E-state index contributed by atoms with van der Waals surface area (Å²) in [7, 11) is 0. The average molecular weight is 196 g/mol. The molecule has 1 N–H and O–H groups in total. The average Bonchev–Trinajstić information content (AvgIpc) is 2.20. The van der Waals surface area contributed by atoms with Crippen LogP contribution in [-0.2, 0) is 0 Å². The van der Waals surface area contributed by atoms with Gasteiger partial charge in [-0.15, -0.1) is 0 Å². The van der Waals surface area contributed by atoms with Crippen molar-refractivity contribution in [3.8, 4) is 0 Å². The van der Waals surface area contributed by atoms with Gasteiger partial charge in [-0.2, -0.15) is 0 Å². The molecule has 0 aliphatic carbocycles. The van der Waals surface area contributed by atoms with Crippen LogP contribution in [0.2, 0.25) is 5.02 Å². The molecule has 1 saturated heterocycles. The van der Waals surface area contributed by atoms with Gasteiger partial charge in [0.15, 0.2) is 0 Å². The molecule has 2 rings (SSSR count). The summed E-state index contributed by atoms with van der Waals surface area (Å²) in [4.78, 5) is 0. The maximum Gasteiger partial charge on any atom is 0.0453 e. The molecular formula is C11H14ClN. The summed E-state index contributed by atoms with van der Waals surface area (Å²) in [5.41, 5.74) is 1.25. The molecule has 1 aliphatic rings. The number of benzene rings is 1. The van der Waals surface area contributed by atoms with Crippen molar-refractivity contribution >= 4 is 11.6 Å². The van der Waals surface area contributed by atoms with Crippen molar-refractivity contribution in [1.29, 1.82) is 0 Å². The molecule has 1 heterocycles. The first-order valence-corrected chi connectivity index (χ1v) is 5.23. The minimum Gasteiger partial charge on any atom is -0.310 e. The van der Waals surface area contributed by atoms with E-state index in [4.69, 9.17) is 11.6 Å². The first kappa shape index (κ1) is 9.04. The standard InChI is InChI=1S/C11H14ClN/c12-10-6-2-1-5-9(10)11-7-3-4-8-13-11/h1-2,5-6,11,13H,3-4,7-8H2/t11-/m1/s1. The molecule has 0 amide bonds. The molecular weight excluding hydrogens is 182 g/mol. The first-order valence-electron chi connectivity index (χ1n) is 4.86. The van der Waals surface area contributed by atoms with Gasteiger partial charge in [-0.1, -0.05) is 36.2 Å². The van der Waals surface area contributed by atoms with Gasteiger partial charge in [-0.05, 0) is 31.0 Å². The normalized spacial score (nSPS) is 23.0. The van der Waals surface area contributed by atoms with Crippen LogP contribution in [0.1, 0.15) is 30.9 Å². The zero-order chi connectivity index (χ0) is 9.10. The van der Waals surface area contributed by atoms with Crippen molar-refractivity contribution in [2.75, 3.05) is 6.54 Å². The highest BCUT2D eigenvalue weighted by Gasteiger charge is 2.16. The van der Waals surface area contributed by atoms with Gasteiger partial charge in [0, 0.05) is 11.1 Å². The molecule has 1 aromatic carbocycles. The first-order chi connectivity index (χ1) is 6.38. The summed E-state index contributed by atoms with van der Waals surface area (Å²) in [6.07, 6.45) is 3.81. The number of rotatable bonds is 1. The molecule has 0 saturated carbocycles. The number of nitrogens with one attached hydrogen (secondary N) is 1. The molecule has 1 atom stereocenters. The highest BCUT2D eigenvalue weighted by molar-refractivity contribution is 6.31. The van der Waals surface area contributed by atoms with E-state index >= 15 is 0 Å². The Morgan fingerprint density at radius 3 is 2.77 bits per heavy atom. The third-order valence-corrected chi connectivity index (χ3v) is 2.94. The van der Waals surface area contributed by atoms with Crippen LogP contribution in [0.15, 0.2) is 24.3 Å². The van der Waals surface area contributed by atoms with Crippen molar-refractivity contribution < 1.29 is 0 Å². The van der Waals surface area contributed by atoms with E-state index in [1.807, 2.05) is 12.1 Å². The van der Waals surface area contributed by atoms with E-state index in [1.54, 1.807) is 0 Å². The molecule has 2 heteroatoms. The van der Waals surface area contributed by atoms with Crippen molar-refractivity contribution in [3.05, 3.63) is 34.9 Å². The van der Waals surface area contributed by atoms with Crippen LogP contribution in [0.4, 0.5) is 0 Å². The summed E-state index contributed by atoms with van der Waals surface area (Å²) >= 11 is 6.12. The van der Waals surface area contributed by atoms with Crippen LogP contribution in [0, 0.1) is 0 Å². The van der Waals surface area contributed by atoms with E-state index in [-0.39, 0.29) is 0 Å². The monoisotopic (exact) mass is 195 g/mol. The van der Waals surface area contributed by atoms with Crippen molar-refractivity contribution in [2.45, 2.75) is 25.3 Å². The molecule has 13 heavy (non-hydrogen) atoms. The van der Waals surface area contributed by atoms with Gasteiger partial charge in [0.1, 0.15) is 0 Å². The van der Waals surface area contributed by atoms with Gasteiger partial charge in [0.25, 0.3) is 0 Å². The van der Waals surface area contributed by atoms with Crippen LogP contribution >= 0.6 is 11.6 Å². The van der Waals surface area contributed by atoms with E-state index in [9.17, 15) is 0 Å². The third kappa shape index (κ3) is 2.04. The minimum atomic E-state index is 0.474. The van der Waals surface area contributed by atoms with E-state index in [2.05, 4.69) is 17.4 Å². The Balaban J connectivity index is 2.18. The lowest BCUT2D eigenvalue weighted by atomic mass is 9.98. The summed E-state index contributed by atoms with van der Waals surface area (Å²) in [6, 6.07) is 8.59. The third-order valence-electron chi connectivity index (χ3n) is 2.59. The Hall–Kier alpha value is -0.530. The number of hydrogen-bond acceptors (Lipinski definition) is 1.